The minimum absolute atomic E-state index is 0.120. The van der Waals surface area contributed by atoms with E-state index in [4.69, 9.17) is 0 Å². The van der Waals surface area contributed by atoms with Crippen LogP contribution in [0.3, 0.4) is 0 Å². The largest absolute Gasteiger partial charge is 0.300 e. The van der Waals surface area contributed by atoms with Gasteiger partial charge in [0.1, 0.15) is 5.78 Å². The molecule has 3 heteroatoms. The third-order valence-corrected chi connectivity index (χ3v) is 1.36. The normalized spacial score (nSPS) is 11.1. The van der Waals surface area contributed by atoms with Crippen LogP contribution in [0.15, 0.2) is 11.6 Å². The molecule has 0 N–H and O–H groups in total. The Labute approximate surface area is 71.5 Å². The molecule has 0 aromatic rings. The Balaban J connectivity index is 4.24. The van der Waals surface area contributed by atoms with E-state index in [1.165, 1.54) is 19.9 Å². The quantitative estimate of drug-likeness (QED) is 0.466. The molecule has 3 nitrogen and oxygen atoms in total. The zero-order chi connectivity index (χ0) is 9.72. The summed E-state index contributed by atoms with van der Waals surface area (Å²) < 4.78 is 0. The van der Waals surface area contributed by atoms with Crippen LogP contribution < -0.4 is 0 Å². The molecule has 0 aliphatic rings. The predicted molar refractivity (Wildman–Crippen MR) is 44.7 cm³/mol. The molecular formula is C9H12O3. The topological polar surface area (TPSA) is 51.2 Å². The first-order valence-corrected chi connectivity index (χ1v) is 3.65. The molecule has 0 heterocycles. The molecule has 0 fully saturated rings. The SMILES string of the molecule is CC(=O)CC(=O)C=C(C)C(C)=O. The Morgan fingerprint density at radius 2 is 1.58 bits per heavy atom. The fourth-order valence-corrected chi connectivity index (χ4v) is 0.640. The van der Waals surface area contributed by atoms with Crippen LogP contribution in [0.4, 0.5) is 0 Å². The van der Waals surface area contributed by atoms with Crippen LogP contribution in [0.5, 0.6) is 0 Å². The van der Waals surface area contributed by atoms with Gasteiger partial charge in [-0.05, 0) is 32.4 Å². The molecule has 0 aromatic heterocycles. The van der Waals surface area contributed by atoms with Gasteiger partial charge in [0.15, 0.2) is 11.6 Å². The van der Waals surface area contributed by atoms with Crippen LogP contribution in [0, 0.1) is 0 Å². The Morgan fingerprint density at radius 1 is 1.08 bits per heavy atom. The summed E-state index contributed by atoms with van der Waals surface area (Å²) in [6, 6.07) is 0. The van der Waals surface area contributed by atoms with Gasteiger partial charge in [0.05, 0.1) is 6.42 Å². The summed E-state index contributed by atoms with van der Waals surface area (Å²) >= 11 is 0. The molecule has 12 heavy (non-hydrogen) atoms. The number of ketones is 3. The number of allylic oxidation sites excluding steroid dienone is 2. The molecule has 0 aromatic carbocycles. The number of hydrogen-bond acceptors (Lipinski definition) is 3. The first-order chi connectivity index (χ1) is 5.43. The van der Waals surface area contributed by atoms with Gasteiger partial charge < -0.3 is 0 Å². The summed E-state index contributed by atoms with van der Waals surface area (Å²) in [4.78, 5) is 32.0. The smallest absolute Gasteiger partial charge is 0.163 e. The highest BCUT2D eigenvalue weighted by Crippen LogP contribution is 1.96. The molecule has 0 bridgehead atoms. The highest BCUT2D eigenvalue weighted by Gasteiger charge is 2.04. The van der Waals surface area contributed by atoms with Crippen LogP contribution in [-0.2, 0) is 14.4 Å². The fourth-order valence-electron chi connectivity index (χ4n) is 0.640. The Hall–Kier alpha value is -1.25. The summed E-state index contributed by atoms with van der Waals surface area (Å²) in [6.45, 7) is 4.28. The summed E-state index contributed by atoms with van der Waals surface area (Å²) in [5.41, 5.74) is 0.390. The molecule has 0 unspecified atom stereocenters. The van der Waals surface area contributed by atoms with E-state index < -0.39 is 0 Å². The fraction of sp³-hybridized carbons (Fsp3) is 0.444. The van der Waals surface area contributed by atoms with Crippen molar-refractivity contribution in [2.45, 2.75) is 27.2 Å². The van der Waals surface area contributed by atoms with Crippen molar-refractivity contribution < 1.29 is 14.4 Å². The predicted octanol–water partition coefficient (Wildman–Crippen LogP) is 1.07. The second-order valence-electron chi connectivity index (χ2n) is 2.73. The lowest BCUT2D eigenvalue weighted by atomic mass is 10.1. The average molecular weight is 168 g/mol. The lowest BCUT2D eigenvalue weighted by Gasteiger charge is -1.92. The third kappa shape index (κ3) is 4.55. The molecule has 0 atom stereocenters. The number of carbonyl (C=O) groups excluding carboxylic acids is 3. The number of Topliss-reactive ketones (excluding diaryl/α,β-unsaturated/α-hetero) is 2. The first-order valence-electron chi connectivity index (χ1n) is 3.65. The standard InChI is InChI=1S/C9H12O3/c1-6(8(3)11)4-9(12)5-7(2)10/h4H,5H2,1-3H3. The van der Waals surface area contributed by atoms with Gasteiger partial charge in [-0.3, -0.25) is 14.4 Å². The van der Waals surface area contributed by atoms with E-state index in [9.17, 15) is 14.4 Å². The van der Waals surface area contributed by atoms with Crippen molar-refractivity contribution in [3.05, 3.63) is 11.6 Å². The van der Waals surface area contributed by atoms with Gasteiger partial charge >= 0.3 is 0 Å². The van der Waals surface area contributed by atoms with Crippen molar-refractivity contribution >= 4 is 17.3 Å². The highest BCUT2D eigenvalue weighted by molar-refractivity contribution is 6.07. The number of rotatable bonds is 4. The van der Waals surface area contributed by atoms with E-state index in [0.717, 1.165) is 0 Å². The minimum Gasteiger partial charge on any atom is -0.300 e. The molecule has 0 spiro atoms. The van der Waals surface area contributed by atoms with Crippen molar-refractivity contribution in [2.24, 2.45) is 0 Å². The molecule has 0 saturated carbocycles. The first kappa shape index (κ1) is 10.8. The average Bonchev–Trinajstić information content (AvgIpc) is 1.84. The van der Waals surface area contributed by atoms with Crippen LogP contribution >= 0.6 is 0 Å². The maximum Gasteiger partial charge on any atom is 0.163 e. The van der Waals surface area contributed by atoms with Crippen LogP contribution in [0.25, 0.3) is 0 Å². The zero-order valence-corrected chi connectivity index (χ0v) is 7.51. The molecule has 0 aliphatic carbocycles. The van der Waals surface area contributed by atoms with Gasteiger partial charge in [-0.15, -0.1) is 0 Å². The number of carbonyl (C=O) groups is 3. The third-order valence-electron chi connectivity index (χ3n) is 1.36. The summed E-state index contributed by atoms with van der Waals surface area (Å²) in [5, 5.41) is 0. The summed E-state index contributed by atoms with van der Waals surface area (Å²) in [5.74, 6) is -0.644. The van der Waals surface area contributed by atoms with E-state index in [1.807, 2.05) is 0 Å². The maximum atomic E-state index is 10.9. The lowest BCUT2D eigenvalue weighted by molar-refractivity contribution is -0.123. The van der Waals surface area contributed by atoms with E-state index in [2.05, 4.69) is 0 Å². The molecule has 0 aliphatic heterocycles. The lowest BCUT2D eigenvalue weighted by Crippen LogP contribution is -2.03. The van der Waals surface area contributed by atoms with Crippen LogP contribution in [0.1, 0.15) is 27.2 Å². The second-order valence-corrected chi connectivity index (χ2v) is 2.73. The second kappa shape index (κ2) is 4.59. The van der Waals surface area contributed by atoms with Gasteiger partial charge in [0, 0.05) is 0 Å². The molecule has 0 radical (unpaired) electrons. The van der Waals surface area contributed by atoms with E-state index in [0.29, 0.717) is 5.57 Å². The monoisotopic (exact) mass is 168 g/mol. The van der Waals surface area contributed by atoms with E-state index in [1.54, 1.807) is 6.92 Å². The molecule has 0 rings (SSSR count). The molecule has 66 valence electrons. The van der Waals surface area contributed by atoms with Crippen molar-refractivity contribution in [3.8, 4) is 0 Å². The van der Waals surface area contributed by atoms with Crippen LogP contribution in [0.2, 0.25) is 0 Å². The van der Waals surface area contributed by atoms with Crippen molar-refractivity contribution in [2.75, 3.05) is 0 Å². The van der Waals surface area contributed by atoms with Crippen molar-refractivity contribution in [1.82, 2.24) is 0 Å². The zero-order valence-electron chi connectivity index (χ0n) is 7.51. The molecule has 0 amide bonds. The van der Waals surface area contributed by atoms with Crippen molar-refractivity contribution in [3.63, 3.8) is 0 Å². The van der Waals surface area contributed by atoms with E-state index >= 15 is 0 Å². The molecular weight excluding hydrogens is 156 g/mol. The van der Waals surface area contributed by atoms with Crippen LogP contribution in [-0.4, -0.2) is 17.3 Å². The van der Waals surface area contributed by atoms with E-state index in [-0.39, 0.29) is 23.8 Å². The highest BCUT2D eigenvalue weighted by atomic mass is 16.1. The maximum absolute atomic E-state index is 10.9. The van der Waals surface area contributed by atoms with Gasteiger partial charge in [0.2, 0.25) is 0 Å². The Morgan fingerprint density at radius 3 is 1.92 bits per heavy atom. The van der Waals surface area contributed by atoms with Gasteiger partial charge in [-0.1, -0.05) is 0 Å². The summed E-state index contributed by atoms with van der Waals surface area (Å²) in [7, 11) is 0. The number of hydrogen-bond donors (Lipinski definition) is 0. The minimum atomic E-state index is -0.310. The Bertz CT molecular complexity index is 248. The molecule has 0 saturated heterocycles. The van der Waals surface area contributed by atoms with Crippen molar-refractivity contribution in [1.29, 1.82) is 0 Å². The van der Waals surface area contributed by atoms with Gasteiger partial charge in [-0.25, -0.2) is 0 Å². The van der Waals surface area contributed by atoms with Gasteiger partial charge in [0.25, 0.3) is 0 Å². The summed E-state index contributed by atoms with van der Waals surface area (Å²) in [6.07, 6.45) is 1.09. The van der Waals surface area contributed by atoms with Gasteiger partial charge in [-0.2, -0.15) is 0 Å². The Kier molecular flexibility index (Phi) is 4.11.